The van der Waals surface area contributed by atoms with Crippen molar-refractivity contribution in [2.45, 2.75) is 0 Å². The Kier molecular flexibility index (Phi) is 4.30. The molecule has 0 spiro atoms. The fourth-order valence-electron chi connectivity index (χ4n) is 1.53. The summed E-state index contributed by atoms with van der Waals surface area (Å²) in [6.45, 7) is 0. The highest BCUT2D eigenvalue weighted by molar-refractivity contribution is 6.35. The number of benzene rings is 2. The predicted octanol–water partition coefficient (Wildman–Crippen LogP) is 4.22. The maximum Gasteiger partial charge on any atom is 0.347 e. The van der Waals surface area contributed by atoms with Gasteiger partial charge in [0.15, 0.2) is 0 Å². The SMILES string of the molecule is COc1ccccc1C(=O)Oc1ccc(Cl)cc1Cl. The minimum absolute atomic E-state index is 0.252. The molecular weight excluding hydrogens is 287 g/mol. The molecule has 0 saturated carbocycles. The molecular formula is C14H10Cl2O3. The van der Waals surface area contributed by atoms with Gasteiger partial charge in [0.25, 0.3) is 0 Å². The van der Waals surface area contributed by atoms with Crippen molar-refractivity contribution in [2.75, 3.05) is 7.11 Å². The van der Waals surface area contributed by atoms with Gasteiger partial charge in [-0.3, -0.25) is 0 Å². The number of halogens is 2. The molecule has 0 amide bonds. The third-order valence-corrected chi connectivity index (χ3v) is 2.95. The number of hydrogen-bond donors (Lipinski definition) is 0. The molecule has 2 aromatic carbocycles. The van der Waals surface area contributed by atoms with Gasteiger partial charge in [0, 0.05) is 5.02 Å². The van der Waals surface area contributed by atoms with Crippen LogP contribution in [-0.2, 0) is 0 Å². The zero-order valence-electron chi connectivity index (χ0n) is 10.0. The minimum Gasteiger partial charge on any atom is -0.496 e. The summed E-state index contributed by atoms with van der Waals surface area (Å²) in [5, 5.41) is 0.748. The number of ether oxygens (including phenoxy) is 2. The first-order valence-electron chi connectivity index (χ1n) is 5.42. The molecule has 0 aliphatic rings. The van der Waals surface area contributed by atoms with Crippen molar-refractivity contribution in [3.05, 3.63) is 58.1 Å². The second-order valence-electron chi connectivity index (χ2n) is 3.66. The maximum absolute atomic E-state index is 12.0. The highest BCUT2D eigenvalue weighted by Gasteiger charge is 2.15. The molecule has 0 fully saturated rings. The van der Waals surface area contributed by atoms with E-state index < -0.39 is 5.97 Å². The lowest BCUT2D eigenvalue weighted by Crippen LogP contribution is -2.10. The zero-order chi connectivity index (χ0) is 13.8. The highest BCUT2D eigenvalue weighted by Crippen LogP contribution is 2.29. The summed E-state index contributed by atoms with van der Waals surface area (Å²) < 4.78 is 10.3. The van der Waals surface area contributed by atoms with Gasteiger partial charge in [-0.1, -0.05) is 35.3 Å². The predicted molar refractivity (Wildman–Crippen MR) is 74.4 cm³/mol. The largest absolute Gasteiger partial charge is 0.496 e. The Balaban J connectivity index is 2.26. The number of methoxy groups -OCH3 is 1. The first-order valence-corrected chi connectivity index (χ1v) is 6.17. The summed E-state index contributed by atoms with van der Waals surface area (Å²) in [7, 11) is 1.49. The van der Waals surface area contributed by atoms with Crippen molar-refractivity contribution in [3.63, 3.8) is 0 Å². The molecule has 19 heavy (non-hydrogen) atoms. The topological polar surface area (TPSA) is 35.5 Å². The summed E-state index contributed by atoms with van der Waals surface area (Å²) >= 11 is 11.7. The molecule has 2 aromatic rings. The average molecular weight is 297 g/mol. The number of hydrogen-bond acceptors (Lipinski definition) is 3. The molecule has 0 N–H and O–H groups in total. The van der Waals surface area contributed by atoms with Crippen LogP contribution in [0.25, 0.3) is 0 Å². The number of rotatable bonds is 3. The molecule has 0 bridgehead atoms. The monoisotopic (exact) mass is 296 g/mol. The Morgan fingerprint density at radius 3 is 2.47 bits per heavy atom. The number of carbonyl (C=O) groups is 1. The first kappa shape index (κ1) is 13.7. The summed E-state index contributed by atoms with van der Waals surface area (Å²) in [4.78, 5) is 12.0. The van der Waals surface area contributed by atoms with Crippen LogP contribution in [-0.4, -0.2) is 13.1 Å². The lowest BCUT2D eigenvalue weighted by Gasteiger charge is -2.09. The number of carbonyl (C=O) groups excluding carboxylic acids is 1. The Morgan fingerprint density at radius 1 is 1.05 bits per heavy atom. The van der Waals surface area contributed by atoms with E-state index >= 15 is 0 Å². The van der Waals surface area contributed by atoms with E-state index in [4.69, 9.17) is 32.7 Å². The molecule has 0 atom stereocenters. The van der Waals surface area contributed by atoms with Crippen LogP contribution in [0.4, 0.5) is 0 Å². The number of esters is 1. The van der Waals surface area contributed by atoms with Gasteiger partial charge in [-0.15, -0.1) is 0 Å². The Bertz CT molecular complexity index is 611. The normalized spacial score (nSPS) is 10.1. The Morgan fingerprint density at radius 2 is 1.79 bits per heavy atom. The van der Waals surface area contributed by atoms with Gasteiger partial charge in [0.1, 0.15) is 17.1 Å². The van der Waals surface area contributed by atoms with E-state index in [0.717, 1.165) is 0 Å². The fourth-order valence-corrected chi connectivity index (χ4v) is 1.97. The molecule has 98 valence electrons. The maximum atomic E-state index is 12.0. The van der Waals surface area contributed by atoms with Crippen LogP contribution < -0.4 is 9.47 Å². The van der Waals surface area contributed by atoms with Crippen LogP contribution in [0.3, 0.4) is 0 Å². The molecule has 5 heteroatoms. The summed E-state index contributed by atoms with van der Waals surface area (Å²) in [6.07, 6.45) is 0. The average Bonchev–Trinajstić information content (AvgIpc) is 2.41. The van der Waals surface area contributed by atoms with Crippen molar-refractivity contribution in [2.24, 2.45) is 0 Å². The van der Waals surface area contributed by atoms with Gasteiger partial charge < -0.3 is 9.47 Å². The molecule has 0 heterocycles. The third kappa shape index (κ3) is 3.19. The third-order valence-electron chi connectivity index (χ3n) is 2.42. The number of para-hydroxylation sites is 1. The Labute approximate surface area is 120 Å². The van der Waals surface area contributed by atoms with Crippen molar-refractivity contribution >= 4 is 29.2 Å². The van der Waals surface area contributed by atoms with Gasteiger partial charge in [0.05, 0.1) is 12.1 Å². The summed E-state index contributed by atoms with van der Waals surface area (Å²) in [5.41, 5.74) is 0.330. The molecule has 0 radical (unpaired) electrons. The first-order chi connectivity index (χ1) is 9.11. The van der Waals surface area contributed by atoms with Crippen LogP contribution in [0.1, 0.15) is 10.4 Å². The van der Waals surface area contributed by atoms with Crippen LogP contribution in [0, 0.1) is 0 Å². The van der Waals surface area contributed by atoms with Crippen LogP contribution in [0.5, 0.6) is 11.5 Å². The fraction of sp³-hybridized carbons (Fsp3) is 0.0714. The van der Waals surface area contributed by atoms with E-state index in [0.29, 0.717) is 16.3 Å². The standard InChI is InChI=1S/C14H10Cl2O3/c1-18-12-5-3-2-4-10(12)14(17)19-13-7-6-9(15)8-11(13)16/h2-8H,1H3. The van der Waals surface area contributed by atoms with Crippen molar-refractivity contribution in [1.29, 1.82) is 0 Å². The lowest BCUT2D eigenvalue weighted by atomic mass is 10.2. The second-order valence-corrected chi connectivity index (χ2v) is 4.51. The van der Waals surface area contributed by atoms with Gasteiger partial charge in [-0.05, 0) is 30.3 Å². The molecule has 0 aliphatic carbocycles. The molecule has 2 rings (SSSR count). The van der Waals surface area contributed by atoms with E-state index in [1.807, 2.05) is 0 Å². The van der Waals surface area contributed by atoms with Crippen molar-refractivity contribution in [3.8, 4) is 11.5 Å². The highest BCUT2D eigenvalue weighted by atomic mass is 35.5. The molecule has 3 nitrogen and oxygen atoms in total. The summed E-state index contributed by atoms with van der Waals surface area (Å²) in [5.74, 6) is 0.154. The Hall–Kier alpha value is -1.71. The van der Waals surface area contributed by atoms with Crippen molar-refractivity contribution in [1.82, 2.24) is 0 Å². The minimum atomic E-state index is -0.540. The zero-order valence-corrected chi connectivity index (χ0v) is 11.5. The van der Waals surface area contributed by atoms with Crippen molar-refractivity contribution < 1.29 is 14.3 Å². The van der Waals surface area contributed by atoms with E-state index in [-0.39, 0.29) is 10.8 Å². The smallest absolute Gasteiger partial charge is 0.347 e. The summed E-state index contributed by atoms with van der Waals surface area (Å²) in [6, 6.07) is 11.4. The molecule has 0 aliphatic heterocycles. The lowest BCUT2D eigenvalue weighted by molar-refractivity contribution is 0.0731. The van der Waals surface area contributed by atoms with Crippen LogP contribution >= 0.6 is 23.2 Å². The van der Waals surface area contributed by atoms with Gasteiger partial charge in [-0.2, -0.15) is 0 Å². The van der Waals surface area contributed by atoms with E-state index in [9.17, 15) is 4.79 Å². The van der Waals surface area contributed by atoms with Gasteiger partial charge >= 0.3 is 5.97 Å². The van der Waals surface area contributed by atoms with Gasteiger partial charge in [-0.25, -0.2) is 4.79 Å². The van der Waals surface area contributed by atoms with E-state index in [1.54, 1.807) is 30.3 Å². The molecule has 0 unspecified atom stereocenters. The van der Waals surface area contributed by atoms with E-state index in [1.165, 1.54) is 19.2 Å². The molecule has 0 saturated heterocycles. The quantitative estimate of drug-likeness (QED) is 0.628. The van der Waals surface area contributed by atoms with Gasteiger partial charge in [0.2, 0.25) is 0 Å². The van der Waals surface area contributed by atoms with Crippen LogP contribution in [0.15, 0.2) is 42.5 Å². The second kappa shape index (κ2) is 5.95. The van der Waals surface area contributed by atoms with E-state index in [2.05, 4.69) is 0 Å². The molecule has 0 aromatic heterocycles. The van der Waals surface area contributed by atoms with Crippen LogP contribution in [0.2, 0.25) is 10.0 Å².